The molecule has 370 valence electrons. The van der Waals surface area contributed by atoms with Gasteiger partial charge in [-0.15, -0.1) is 0 Å². The van der Waals surface area contributed by atoms with Crippen molar-refractivity contribution in [3.63, 3.8) is 0 Å². The number of furan rings is 2. The molecule has 0 saturated heterocycles. The molecule has 6 nitrogen and oxygen atoms in total. The number of hydrogen-bond donors (Lipinski definition) is 0. The molecule has 0 amide bonds. The van der Waals surface area contributed by atoms with Crippen molar-refractivity contribution in [3.8, 4) is 34.4 Å². The number of nitriles is 2. The second kappa shape index (κ2) is 17.7. The average molecular weight is 1020 g/mol. The van der Waals surface area contributed by atoms with Crippen molar-refractivity contribution in [1.29, 1.82) is 10.5 Å². The summed E-state index contributed by atoms with van der Waals surface area (Å²) in [5.74, 6) is 0. The molecule has 14 aromatic carbocycles. The Morgan fingerprint density at radius 2 is 0.625 bits per heavy atom. The molecular formula is C74H42N4O2. The van der Waals surface area contributed by atoms with E-state index in [2.05, 4.69) is 204 Å². The van der Waals surface area contributed by atoms with Crippen LogP contribution in [-0.4, -0.2) is 0 Å². The summed E-state index contributed by atoms with van der Waals surface area (Å²) in [6, 6.07) is 94.0. The molecule has 2 heterocycles. The lowest BCUT2D eigenvalue weighted by atomic mass is 9.85. The van der Waals surface area contributed by atoms with Crippen molar-refractivity contribution >= 4 is 132 Å². The highest BCUT2D eigenvalue weighted by molar-refractivity contribution is 6.33. The van der Waals surface area contributed by atoms with E-state index in [0.29, 0.717) is 11.1 Å². The van der Waals surface area contributed by atoms with Gasteiger partial charge >= 0.3 is 0 Å². The van der Waals surface area contributed by atoms with Gasteiger partial charge in [-0.25, -0.2) is 0 Å². The molecule has 0 radical (unpaired) electrons. The van der Waals surface area contributed by atoms with Crippen molar-refractivity contribution in [2.24, 2.45) is 0 Å². The van der Waals surface area contributed by atoms with Gasteiger partial charge in [0.25, 0.3) is 0 Å². The first kappa shape index (κ1) is 45.1. The second-order valence-corrected chi connectivity index (χ2v) is 20.4. The quantitative estimate of drug-likeness (QED) is 0.141. The van der Waals surface area contributed by atoms with Crippen LogP contribution in [0.3, 0.4) is 0 Å². The first-order chi connectivity index (χ1) is 39.6. The molecule has 80 heavy (non-hydrogen) atoms. The van der Waals surface area contributed by atoms with Crippen molar-refractivity contribution < 1.29 is 8.83 Å². The fourth-order valence-electron chi connectivity index (χ4n) is 12.8. The van der Waals surface area contributed by atoms with E-state index in [1.54, 1.807) is 0 Å². The zero-order valence-corrected chi connectivity index (χ0v) is 42.9. The van der Waals surface area contributed by atoms with Crippen molar-refractivity contribution in [1.82, 2.24) is 0 Å². The number of fused-ring (bicyclic) bond motifs is 8. The number of rotatable bonds is 8. The normalized spacial score (nSPS) is 11.7. The van der Waals surface area contributed by atoms with Crippen molar-refractivity contribution in [2.45, 2.75) is 0 Å². The smallest absolute Gasteiger partial charge is 0.159 e. The highest BCUT2D eigenvalue weighted by atomic mass is 16.3. The third-order valence-electron chi connectivity index (χ3n) is 16.3. The number of nitrogens with zero attached hydrogens (tertiary/aromatic N) is 4. The maximum Gasteiger partial charge on any atom is 0.159 e. The van der Waals surface area contributed by atoms with Crippen LogP contribution in [-0.2, 0) is 0 Å². The third kappa shape index (κ3) is 6.64. The maximum absolute atomic E-state index is 10.6. The van der Waals surface area contributed by atoms with Gasteiger partial charge in [-0.05, 0) is 93.7 Å². The summed E-state index contributed by atoms with van der Waals surface area (Å²) in [4.78, 5) is 4.73. The third-order valence-corrected chi connectivity index (χ3v) is 16.3. The predicted octanol–water partition coefficient (Wildman–Crippen LogP) is 20.7. The van der Waals surface area contributed by atoms with Crippen LogP contribution in [0, 0.1) is 22.7 Å². The van der Waals surface area contributed by atoms with E-state index in [0.717, 1.165) is 154 Å². The summed E-state index contributed by atoms with van der Waals surface area (Å²) in [7, 11) is 0. The van der Waals surface area contributed by atoms with Crippen LogP contribution in [0.1, 0.15) is 11.1 Å². The van der Waals surface area contributed by atoms with Gasteiger partial charge in [0.2, 0.25) is 0 Å². The standard InChI is InChI=1S/C74H42N4O2/c75-43-47-33-39-63(51-23-9-7-21-49(47)51)77(65-29-15-27-57-53-25-11-13-31-69(53)79-73(57)65)67-41-61(45-17-3-1-4-18-45)55-35-37-60-68(42-62(46-19-5-2-6-20-46)56-36-38-59(67)71(55)72(56)60)78(64-40-34-48(44-76)50-22-8-10-24-52(50)64)66-30-16-28-58-54-26-12-14-32-70(54)80-74(58)66/h1-42H. The molecule has 0 aliphatic rings. The Labute approximate surface area is 459 Å². The van der Waals surface area contributed by atoms with Gasteiger partial charge < -0.3 is 18.6 Å². The summed E-state index contributed by atoms with van der Waals surface area (Å²) in [6.45, 7) is 0. The molecule has 0 aliphatic heterocycles. The van der Waals surface area contributed by atoms with Crippen LogP contribution in [0.4, 0.5) is 34.1 Å². The highest BCUT2D eigenvalue weighted by Gasteiger charge is 2.30. The molecule has 2 aromatic heterocycles. The summed E-state index contributed by atoms with van der Waals surface area (Å²) in [6.07, 6.45) is 0. The maximum atomic E-state index is 10.6. The molecule has 16 aromatic rings. The Morgan fingerprint density at radius 1 is 0.263 bits per heavy atom. The van der Waals surface area contributed by atoms with Gasteiger partial charge in [0.15, 0.2) is 11.2 Å². The molecule has 0 aliphatic carbocycles. The molecule has 0 saturated carbocycles. The van der Waals surface area contributed by atoms with E-state index in [1.165, 1.54) is 0 Å². The zero-order chi connectivity index (χ0) is 53.0. The predicted molar refractivity (Wildman–Crippen MR) is 329 cm³/mol. The van der Waals surface area contributed by atoms with Crippen molar-refractivity contribution in [2.75, 3.05) is 9.80 Å². The zero-order valence-electron chi connectivity index (χ0n) is 42.9. The minimum absolute atomic E-state index is 0.602. The molecule has 0 fully saturated rings. The molecule has 0 spiro atoms. The van der Waals surface area contributed by atoms with E-state index >= 15 is 0 Å². The van der Waals surface area contributed by atoms with Gasteiger partial charge in [0.05, 0.1) is 57.4 Å². The largest absolute Gasteiger partial charge is 0.454 e. The van der Waals surface area contributed by atoms with E-state index in [4.69, 9.17) is 8.83 Å². The molecule has 6 heteroatoms. The Hall–Kier alpha value is -11.2. The van der Waals surface area contributed by atoms with Crippen LogP contribution in [0.25, 0.3) is 120 Å². The number of para-hydroxylation sites is 4. The number of benzene rings is 14. The summed E-state index contributed by atoms with van der Waals surface area (Å²) < 4.78 is 13.9. The van der Waals surface area contributed by atoms with Gasteiger partial charge in [-0.1, -0.05) is 194 Å². The molecule has 0 atom stereocenters. The Balaban J connectivity index is 1.09. The Bertz CT molecular complexity index is 4960. The van der Waals surface area contributed by atoms with E-state index in [-0.39, 0.29) is 0 Å². The first-order valence-electron chi connectivity index (χ1n) is 26.8. The van der Waals surface area contributed by atoms with Crippen LogP contribution in [0.5, 0.6) is 0 Å². The summed E-state index contributed by atoms with van der Waals surface area (Å²) in [5.41, 5.74) is 14.0. The van der Waals surface area contributed by atoms with Gasteiger partial charge in [0, 0.05) is 64.6 Å². The number of anilines is 6. The van der Waals surface area contributed by atoms with Crippen LogP contribution in [0.15, 0.2) is 264 Å². The van der Waals surface area contributed by atoms with Crippen LogP contribution < -0.4 is 9.80 Å². The average Bonchev–Trinajstić information content (AvgIpc) is 4.24. The minimum Gasteiger partial charge on any atom is -0.454 e. The van der Waals surface area contributed by atoms with Gasteiger partial charge in [-0.3, -0.25) is 0 Å². The molecule has 16 rings (SSSR count). The fraction of sp³-hybridized carbons (Fsp3) is 0. The minimum atomic E-state index is 0.602. The van der Waals surface area contributed by atoms with Crippen molar-refractivity contribution in [3.05, 3.63) is 266 Å². The Morgan fingerprint density at radius 3 is 1.05 bits per heavy atom. The highest BCUT2D eigenvalue weighted by Crippen LogP contribution is 2.55. The molecule has 0 N–H and O–H groups in total. The van der Waals surface area contributed by atoms with Gasteiger partial charge in [-0.2, -0.15) is 10.5 Å². The Kier molecular flexibility index (Phi) is 9.96. The lowest BCUT2D eigenvalue weighted by Crippen LogP contribution is -2.13. The van der Waals surface area contributed by atoms with Crippen LogP contribution in [0.2, 0.25) is 0 Å². The monoisotopic (exact) mass is 1020 g/mol. The summed E-state index contributed by atoms with van der Waals surface area (Å²) in [5, 5.41) is 35.3. The van der Waals surface area contributed by atoms with E-state index < -0.39 is 0 Å². The summed E-state index contributed by atoms with van der Waals surface area (Å²) >= 11 is 0. The van der Waals surface area contributed by atoms with E-state index in [9.17, 15) is 10.5 Å². The number of hydrogen-bond acceptors (Lipinski definition) is 6. The van der Waals surface area contributed by atoms with E-state index in [1.807, 2.05) is 72.8 Å². The van der Waals surface area contributed by atoms with Crippen LogP contribution >= 0.6 is 0 Å². The first-order valence-corrected chi connectivity index (χ1v) is 26.8. The molecule has 0 bridgehead atoms. The SMILES string of the molecule is N#Cc1ccc(N(c2cc(-c3ccccc3)c3ccc4c(N(c5ccc(C#N)c6ccccc56)c5cccc6c5oc5ccccc56)cc(-c5ccccc5)c5ccc2c3c54)c2cccc3c2oc2ccccc23)c2ccccc12. The fourth-order valence-corrected chi connectivity index (χ4v) is 12.8. The molecular weight excluding hydrogens is 977 g/mol. The molecule has 0 unspecified atom stereocenters. The topological polar surface area (TPSA) is 80.3 Å². The lowest BCUT2D eigenvalue weighted by molar-refractivity contribution is 0.669. The second-order valence-electron chi connectivity index (χ2n) is 20.4. The van der Waals surface area contributed by atoms with Gasteiger partial charge in [0.1, 0.15) is 11.2 Å². The lowest BCUT2D eigenvalue weighted by Gasteiger charge is -2.32.